The summed E-state index contributed by atoms with van der Waals surface area (Å²) in [6.45, 7) is 9.53. The van der Waals surface area contributed by atoms with Crippen LogP contribution in [0.5, 0.6) is 0 Å². The molecule has 1 aliphatic rings. The molecular formula is C10H20BrN. The molecule has 2 unspecified atom stereocenters. The van der Waals surface area contributed by atoms with Gasteiger partial charge in [0, 0.05) is 17.9 Å². The summed E-state index contributed by atoms with van der Waals surface area (Å²) in [5.41, 5.74) is 0. The normalized spacial score (nSPS) is 31.8. The Kier molecular flexibility index (Phi) is 4.04. The van der Waals surface area contributed by atoms with Crippen LogP contribution in [-0.4, -0.2) is 29.4 Å². The Morgan fingerprint density at radius 1 is 1.50 bits per heavy atom. The van der Waals surface area contributed by atoms with Crippen LogP contribution in [0, 0.1) is 11.8 Å². The van der Waals surface area contributed by atoms with Gasteiger partial charge in [0.25, 0.3) is 0 Å². The zero-order chi connectivity index (χ0) is 9.14. The second kappa shape index (κ2) is 4.61. The van der Waals surface area contributed by atoms with E-state index in [0.717, 1.165) is 23.2 Å². The van der Waals surface area contributed by atoms with Crippen molar-refractivity contribution in [1.29, 1.82) is 0 Å². The van der Waals surface area contributed by atoms with Crippen LogP contribution in [0.25, 0.3) is 0 Å². The first-order chi connectivity index (χ1) is 5.65. The van der Waals surface area contributed by atoms with E-state index in [0.29, 0.717) is 0 Å². The Bertz CT molecular complexity index is 136. The van der Waals surface area contributed by atoms with Crippen LogP contribution in [0.15, 0.2) is 0 Å². The largest absolute Gasteiger partial charge is 0.299 e. The maximum Gasteiger partial charge on any atom is 0.0218 e. The average Bonchev–Trinajstić information content (AvgIpc) is 2.30. The van der Waals surface area contributed by atoms with Crippen LogP contribution in [0.1, 0.15) is 27.2 Å². The first-order valence-electron chi connectivity index (χ1n) is 4.95. The van der Waals surface area contributed by atoms with Gasteiger partial charge in [-0.25, -0.2) is 0 Å². The summed E-state index contributed by atoms with van der Waals surface area (Å²) in [7, 11) is 0. The first-order valence-corrected chi connectivity index (χ1v) is 6.07. The van der Waals surface area contributed by atoms with Gasteiger partial charge in [-0.3, -0.25) is 4.90 Å². The monoisotopic (exact) mass is 233 g/mol. The summed E-state index contributed by atoms with van der Waals surface area (Å²) in [6.07, 6.45) is 1.38. The fraction of sp³-hybridized carbons (Fsp3) is 1.00. The third kappa shape index (κ3) is 2.46. The molecule has 0 amide bonds. The van der Waals surface area contributed by atoms with Crippen LogP contribution in [-0.2, 0) is 0 Å². The Morgan fingerprint density at radius 3 is 2.67 bits per heavy atom. The lowest BCUT2D eigenvalue weighted by Gasteiger charge is -2.26. The van der Waals surface area contributed by atoms with Crippen molar-refractivity contribution in [3.05, 3.63) is 0 Å². The molecule has 1 rings (SSSR count). The number of alkyl halides is 1. The van der Waals surface area contributed by atoms with Crippen LogP contribution >= 0.6 is 15.9 Å². The number of hydrogen-bond donors (Lipinski definition) is 0. The van der Waals surface area contributed by atoms with Gasteiger partial charge in [-0.2, -0.15) is 0 Å². The fourth-order valence-corrected chi connectivity index (χ4v) is 3.08. The highest BCUT2D eigenvalue weighted by Gasteiger charge is 2.29. The molecule has 0 spiro atoms. The van der Waals surface area contributed by atoms with Gasteiger partial charge in [0.15, 0.2) is 0 Å². The maximum absolute atomic E-state index is 3.61. The molecule has 0 aromatic heterocycles. The lowest BCUT2D eigenvalue weighted by molar-refractivity contribution is 0.226. The molecule has 1 fully saturated rings. The fourth-order valence-electron chi connectivity index (χ4n) is 2.03. The zero-order valence-electron chi connectivity index (χ0n) is 8.39. The SMILES string of the molecule is CC(C)CN1CCC(C)C1CBr. The van der Waals surface area contributed by atoms with E-state index in [4.69, 9.17) is 0 Å². The topological polar surface area (TPSA) is 3.24 Å². The van der Waals surface area contributed by atoms with Gasteiger partial charge >= 0.3 is 0 Å². The number of rotatable bonds is 3. The van der Waals surface area contributed by atoms with Gasteiger partial charge in [0.1, 0.15) is 0 Å². The summed E-state index contributed by atoms with van der Waals surface area (Å²) >= 11 is 3.61. The van der Waals surface area contributed by atoms with Crippen LogP contribution in [0.2, 0.25) is 0 Å². The molecule has 0 aromatic rings. The van der Waals surface area contributed by atoms with E-state index in [1.54, 1.807) is 0 Å². The Balaban J connectivity index is 2.43. The van der Waals surface area contributed by atoms with E-state index < -0.39 is 0 Å². The lowest BCUT2D eigenvalue weighted by Crippen LogP contribution is -2.36. The van der Waals surface area contributed by atoms with Gasteiger partial charge in [-0.1, -0.05) is 36.7 Å². The minimum atomic E-state index is 0.785. The summed E-state index contributed by atoms with van der Waals surface area (Å²) in [6, 6.07) is 0.785. The molecule has 2 heteroatoms. The van der Waals surface area contributed by atoms with E-state index in [-0.39, 0.29) is 0 Å². The van der Waals surface area contributed by atoms with E-state index in [1.807, 2.05) is 0 Å². The molecule has 0 N–H and O–H groups in total. The van der Waals surface area contributed by atoms with Gasteiger partial charge in [0.2, 0.25) is 0 Å². The number of hydrogen-bond acceptors (Lipinski definition) is 1. The molecule has 1 saturated heterocycles. The van der Waals surface area contributed by atoms with E-state index in [1.165, 1.54) is 19.5 Å². The van der Waals surface area contributed by atoms with E-state index in [9.17, 15) is 0 Å². The molecule has 2 atom stereocenters. The number of halogens is 1. The van der Waals surface area contributed by atoms with Crippen molar-refractivity contribution < 1.29 is 0 Å². The third-order valence-electron chi connectivity index (χ3n) is 2.76. The van der Waals surface area contributed by atoms with Gasteiger partial charge in [-0.15, -0.1) is 0 Å². The lowest BCUT2D eigenvalue weighted by atomic mass is 10.0. The molecule has 0 aliphatic carbocycles. The first kappa shape index (κ1) is 10.5. The van der Waals surface area contributed by atoms with Crippen molar-refractivity contribution in [2.45, 2.75) is 33.2 Å². The maximum atomic E-state index is 3.61. The molecule has 1 heterocycles. The second-order valence-electron chi connectivity index (χ2n) is 4.38. The molecule has 72 valence electrons. The Hall–Kier alpha value is 0.440. The smallest absolute Gasteiger partial charge is 0.0218 e. The molecule has 0 saturated carbocycles. The highest BCUT2D eigenvalue weighted by molar-refractivity contribution is 9.09. The molecule has 1 nitrogen and oxygen atoms in total. The predicted octanol–water partition coefficient (Wildman–Crippen LogP) is 2.75. The van der Waals surface area contributed by atoms with Crippen LogP contribution in [0.4, 0.5) is 0 Å². The number of likely N-dealkylation sites (tertiary alicyclic amines) is 1. The van der Waals surface area contributed by atoms with E-state index >= 15 is 0 Å². The van der Waals surface area contributed by atoms with Crippen LogP contribution < -0.4 is 0 Å². The van der Waals surface area contributed by atoms with E-state index in [2.05, 4.69) is 41.6 Å². The molecule has 0 bridgehead atoms. The Labute approximate surface area is 84.6 Å². The standard InChI is InChI=1S/C10H20BrN/c1-8(2)7-12-5-4-9(3)10(12)6-11/h8-10H,4-7H2,1-3H3. The minimum Gasteiger partial charge on any atom is -0.299 e. The summed E-state index contributed by atoms with van der Waals surface area (Å²) < 4.78 is 0. The summed E-state index contributed by atoms with van der Waals surface area (Å²) in [5.74, 6) is 1.68. The van der Waals surface area contributed by atoms with Crippen molar-refractivity contribution in [3.63, 3.8) is 0 Å². The van der Waals surface area contributed by atoms with Crippen molar-refractivity contribution in [1.82, 2.24) is 4.90 Å². The highest BCUT2D eigenvalue weighted by Crippen LogP contribution is 2.25. The molecular weight excluding hydrogens is 214 g/mol. The summed E-state index contributed by atoms with van der Waals surface area (Å²) in [5, 5.41) is 1.14. The predicted molar refractivity (Wildman–Crippen MR) is 57.8 cm³/mol. The van der Waals surface area contributed by atoms with Crippen LogP contribution in [0.3, 0.4) is 0 Å². The van der Waals surface area contributed by atoms with Crippen molar-refractivity contribution in [2.24, 2.45) is 11.8 Å². The zero-order valence-corrected chi connectivity index (χ0v) is 9.97. The quantitative estimate of drug-likeness (QED) is 0.679. The molecule has 1 aliphatic heterocycles. The second-order valence-corrected chi connectivity index (χ2v) is 5.02. The van der Waals surface area contributed by atoms with Gasteiger partial charge < -0.3 is 0 Å². The van der Waals surface area contributed by atoms with Gasteiger partial charge in [0.05, 0.1) is 0 Å². The van der Waals surface area contributed by atoms with Gasteiger partial charge in [-0.05, 0) is 24.8 Å². The summed E-state index contributed by atoms with van der Waals surface area (Å²) in [4.78, 5) is 2.63. The molecule has 0 aromatic carbocycles. The average molecular weight is 234 g/mol. The van der Waals surface area contributed by atoms with Crippen molar-refractivity contribution >= 4 is 15.9 Å². The van der Waals surface area contributed by atoms with Crippen molar-refractivity contribution in [3.8, 4) is 0 Å². The molecule has 0 radical (unpaired) electrons. The highest BCUT2D eigenvalue weighted by atomic mass is 79.9. The minimum absolute atomic E-state index is 0.785. The molecule has 12 heavy (non-hydrogen) atoms. The third-order valence-corrected chi connectivity index (χ3v) is 3.42. The Morgan fingerprint density at radius 2 is 2.17 bits per heavy atom. The number of nitrogens with zero attached hydrogens (tertiary/aromatic N) is 1. The van der Waals surface area contributed by atoms with Crippen molar-refractivity contribution in [2.75, 3.05) is 18.4 Å².